The SMILES string of the molecule is CCCN1C(=O)[C@@]2(CC(=O)Nc3c2c(C)nn3-c2ncnc3nc[nH]c23)c2ccccc21. The van der Waals surface area contributed by atoms with E-state index in [9.17, 15) is 9.59 Å². The fraction of sp³-hybridized carbons (Fsp3) is 0.273. The molecule has 6 rings (SSSR count). The largest absolute Gasteiger partial charge is 0.340 e. The van der Waals surface area contributed by atoms with Gasteiger partial charge in [-0.1, -0.05) is 25.1 Å². The number of hydrogen-bond acceptors (Lipinski definition) is 6. The lowest BCUT2D eigenvalue weighted by Crippen LogP contribution is -2.47. The number of hydrogen-bond donors (Lipinski definition) is 2. The number of benzene rings is 1. The number of anilines is 2. The van der Waals surface area contributed by atoms with Gasteiger partial charge in [-0.25, -0.2) is 15.0 Å². The first-order valence-corrected chi connectivity index (χ1v) is 10.5. The predicted octanol–water partition coefficient (Wildman–Crippen LogP) is 2.23. The molecule has 0 saturated heterocycles. The van der Waals surface area contributed by atoms with E-state index in [0.717, 1.165) is 17.7 Å². The van der Waals surface area contributed by atoms with Crippen LogP contribution < -0.4 is 10.2 Å². The molecule has 2 N–H and O–H groups in total. The fourth-order valence-corrected chi connectivity index (χ4v) is 5.11. The van der Waals surface area contributed by atoms with Crippen molar-refractivity contribution in [1.29, 1.82) is 0 Å². The molecule has 2 amide bonds. The third-order valence-electron chi connectivity index (χ3n) is 6.29. The summed E-state index contributed by atoms with van der Waals surface area (Å²) < 4.78 is 1.57. The highest BCUT2D eigenvalue weighted by molar-refractivity contribution is 6.16. The number of rotatable bonds is 3. The van der Waals surface area contributed by atoms with E-state index in [1.165, 1.54) is 12.7 Å². The third-order valence-corrected chi connectivity index (χ3v) is 6.29. The number of imidazole rings is 1. The van der Waals surface area contributed by atoms with Crippen LogP contribution in [0.4, 0.5) is 11.5 Å². The monoisotopic (exact) mass is 428 g/mol. The van der Waals surface area contributed by atoms with Gasteiger partial charge >= 0.3 is 0 Å². The summed E-state index contributed by atoms with van der Waals surface area (Å²) in [5.41, 5.74) is 3.03. The van der Waals surface area contributed by atoms with Crippen molar-refractivity contribution in [2.45, 2.75) is 32.1 Å². The minimum Gasteiger partial charge on any atom is -0.340 e. The van der Waals surface area contributed by atoms with Gasteiger partial charge < -0.3 is 15.2 Å². The van der Waals surface area contributed by atoms with Gasteiger partial charge in [-0.05, 0) is 25.0 Å². The van der Waals surface area contributed by atoms with Crippen LogP contribution in [0.5, 0.6) is 0 Å². The van der Waals surface area contributed by atoms with E-state index in [0.29, 0.717) is 40.6 Å². The zero-order valence-corrected chi connectivity index (χ0v) is 17.6. The minimum absolute atomic E-state index is 0.0336. The molecule has 0 unspecified atom stereocenters. The van der Waals surface area contributed by atoms with Gasteiger partial charge in [0.15, 0.2) is 11.5 Å². The molecule has 0 aliphatic carbocycles. The Labute approximate surface area is 182 Å². The van der Waals surface area contributed by atoms with Crippen LogP contribution in [-0.4, -0.2) is 48.1 Å². The summed E-state index contributed by atoms with van der Waals surface area (Å²) in [5, 5.41) is 7.67. The molecule has 0 bridgehead atoms. The number of aromatic amines is 1. The summed E-state index contributed by atoms with van der Waals surface area (Å²) in [6, 6.07) is 7.72. The van der Waals surface area contributed by atoms with E-state index in [1.807, 2.05) is 38.1 Å². The second-order valence-electron chi connectivity index (χ2n) is 8.12. The maximum absolute atomic E-state index is 14.0. The van der Waals surface area contributed by atoms with E-state index in [-0.39, 0.29) is 18.2 Å². The van der Waals surface area contributed by atoms with Gasteiger partial charge in [-0.2, -0.15) is 9.78 Å². The molecule has 160 valence electrons. The second kappa shape index (κ2) is 6.46. The topological polar surface area (TPSA) is 122 Å². The van der Waals surface area contributed by atoms with Crippen molar-refractivity contribution in [3.05, 3.63) is 53.7 Å². The standard InChI is InChI=1S/C22H20N8O2/c1-3-8-29-14-7-5-4-6-13(14)22(21(29)32)9-15(31)27-19-16(22)12(2)28-30(19)20-17-18(24-10-23-17)25-11-26-20/h4-7,10-11H,3,8-9H2,1-2H3,(H,27,31)(H,23,24,25,26)/t22-/m0/s1. The lowest BCUT2D eigenvalue weighted by molar-refractivity contribution is -0.126. The van der Waals surface area contributed by atoms with Crippen LogP contribution in [0.1, 0.15) is 36.6 Å². The van der Waals surface area contributed by atoms with Gasteiger partial charge in [0.25, 0.3) is 0 Å². The van der Waals surface area contributed by atoms with Crippen LogP contribution >= 0.6 is 0 Å². The molecule has 10 nitrogen and oxygen atoms in total. The van der Waals surface area contributed by atoms with E-state index >= 15 is 0 Å². The summed E-state index contributed by atoms with van der Waals surface area (Å²) >= 11 is 0. The van der Waals surface area contributed by atoms with Crippen LogP contribution in [-0.2, 0) is 15.0 Å². The second-order valence-corrected chi connectivity index (χ2v) is 8.12. The normalized spacial score (nSPS) is 19.5. The van der Waals surface area contributed by atoms with Crippen LogP contribution in [0.15, 0.2) is 36.9 Å². The molecular weight excluding hydrogens is 408 g/mol. The highest BCUT2D eigenvalue weighted by Crippen LogP contribution is 2.53. The first-order valence-electron chi connectivity index (χ1n) is 10.5. The maximum Gasteiger partial charge on any atom is 0.242 e. The molecule has 1 aromatic carbocycles. The Hall–Kier alpha value is -4.08. The Morgan fingerprint density at radius 1 is 1.16 bits per heavy atom. The Morgan fingerprint density at radius 2 is 2.00 bits per heavy atom. The summed E-state index contributed by atoms with van der Waals surface area (Å²) in [6.07, 6.45) is 3.78. The number of carbonyl (C=O) groups is 2. The van der Waals surface area contributed by atoms with E-state index < -0.39 is 5.41 Å². The lowest BCUT2D eigenvalue weighted by Gasteiger charge is -2.33. The van der Waals surface area contributed by atoms with Gasteiger partial charge in [-0.15, -0.1) is 0 Å². The molecule has 2 aliphatic heterocycles. The number of aryl methyl sites for hydroxylation is 1. The van der Waals surface area contributed by atoms with Crippen LogP contribution in [0.3, 0.4) is 0 Å². The van der Waals surface area contributed by atoms with E-state index in [2.05, 4.69) is 25.3 Å². The summed E-state index contributed by atoms with van der Waals surface area (Å²) in [7, 11) is 0. The van der Waals surface area contributed by atoms with Crippen LogP contribution in [0, 0.1) is 6.92 Å². The van der Waals surface area contributed by atoms with Crippen molar-refractivity contribution in [2.75, 3.05) is 16.8 Å². The van der Waals surface area contributed by atoms with Gasteiger partial charge in [-0.3, -0.25) is 9.59 Å². The number of nitrogens with one attached hydrogen (secondary N) is 2. The van der Waals surface area contributed by atoms with Crippen molar-refractivity contribution in [2.24, 2.45) is 0 Å². The number of amides is 2. The fourth-order valence-electron chi connectivity index (χ4n) is 5.11. The van der Waals surface area contributed by atoms with Gasteiger partial charge in [0, 0.05) is 24.2 Å². The Morgan fingerprint density at radius 3 is 2.84 bits per heavy atom. The van der Waals surface area contributed by atoms with Gasteiger partial charge in [0.05, 0.1) is 12.0 Å². The molecule has 2 aliphatic rings. The number of aromatic nitrogens is 6. The van der Waals surface area contributed by atoms with Crippen molar-refractivity contribution >= 4 is 34.5 Å². The minimum atomic E-state index is -1.12. The quantitative estimate of drug-likeness (QED) is 0.516. The zero-order valence-electron chi connectivity index (χ0n) is 17.6. The van der Waals surface area contributed by atoms with Crippen LogP contribution in [0.2, 0.25) is 0 Å². The number of fused-ring (bicyclic) bond motifs is 5. The number of nitrogens with zero attached hydrogens (tertiary/aromatic N) is 6. The predicted molar refractivity (Wildman–Crippen MR) is 117 cm³/mol. The molecule has 4 aromatic rings. The molecule has 1 atom stereocenters. The molecule has 10 heteroatoms. The Bertz CT molecular complexity index is 1420. The first kappa shape index (κ1) is 18.7. The highest BCUT2D eigenvalue weighted by Gasteiger charge is 2.57. The Kier molecular flexibility index (Phi) is 3.77. The molecule has 0 radical (unpaired) electrons. The van der Waals surface area contributed by atoms with Gasteiger partial charge in [0.2, 0.25) is 11.8 Å². The van der Waals surface area contributed by atoms with Crippen molar-refractivity contribution in [3.8, 4) is 5.82 Å². The first-order chi connectivity index (χ1) is 15.6. The zero-order chi connectivity index (χ0) is 22.0. The van der Waals surface area contributed by atoms with E-state index in [1.54, 1.807) is 9.58 Å². The van der Waals surface area contributed by atoms with Crippen molar-refractivity contribution < 1.29 is 9.59 Å². The molecule has 0 saturated carbocycles. The number of carbonyl (C=O) groups excluding carboxylic acids is 2. The summed E-state index contributed by atoms with van der Waals surface area (Å²) in [4.78, 5) is 44.6. The van der Waals surface area contributed by atoms with Crippen LogP contribution in [0.25, 0.3) is 17.0 Å². The maximum atomic E-state index is 14.0. The summed E-state index contributed by atoms with van der Waals surface area (Å²) in [5.74, 6) is 0.580. The average molecular weight is 428 g/mol. The number of para-hydroxylation sites is 1. The van der Waals surface area contributed by atoms with Crippen molar-refractivity contribution in [1.82, 2.24) is 29.7 Å². The summed E-state index contributed by atoms with van der Waals surface area (Å²) in [6.45, 7) is 4.48. The Balaban J connectivity index is 1.65. The molecular formula is C22H20N8O2. The molecule has 32 heavy (non-hydrogen) atoms. The van der Waals surface area contributed by atoms with Crippen molar-refractivity contribution in [3.63, 3.8) is 0 Å². The lowest BCUT2D eigenvalue weighted by atomic mass is 9.70. The molecule has 3 aromatic heterocycles. The third kappa shape index (κ3) is 2.23. The smallest absolute Gasteiger partial charge is 0.242 e. The average Bonchev–Trinajstić information content (AvgIpc) is 3.46. The molecule has 1 spiro atoms. The molecule has 5 heterocycles. The van der Waals surface area contributed by atoms with Gasteiger partial charge in [0.1, 0.15) is 23.1 Å². The number of H-pyrrole nitrogens is 1. The molecule has 0 fully saturated rings. The highest BCUT2D eigenvalue weighted by atomic mass is 16.2. The van der Waals surface area contributed by atoms with E-state index in [4.69, 9.17) is 5.10 Å².